The fraction of sp³-hybridized carbons (Fsp3) is 0.550. The Morgan fingerprint density at radius 2 is 2.04 bits per heavy atom. The Kier molecular flexibility index (Phi) is 4.87. The van der Waals surface area contributed by atoms with Gasteiger partial charge in [-0.05, 0) is 38.5 Å². The number of rotatable bonds is 4. The van der Waals surface area contributed by atoms with Gasteiger partial charge in [0, 0.05) is 49.2 Å². The third-order valence-corrected chi connectivity index (χ3v) is 5.33. The van der Waals surface area contributed by atoms with E-state index in [1.54, 1.807) is 0 Å². The molecule has 26 heavy (non-hydrogen) atoms. The van der Waals surface area contributed by atoms with Crippen LogP contribution in [0.15, 0.2) is 24.3 Å². The van der Waals surface area contributed by atoms with Gasteiger partial charge in [0.1, 0.15) is 17.5 Å². The van der Waals surface area contributed by atoms with Crippen LogP contribution in [0.25, 0.3) is 10.9 Å². The number of aromatic nitrogens is 1. The maximum atomic E-state index is 12.6. The van der Waals surface area contributed by atoms with Crippen LogP contribution in [-0.4, -0.2) is 72.2 Å². The van der Waals surface area contributed by atoms with E-state index < -0.39 is 0 Å². The second kappa shape index (κ2) is 7.29. The highest BCUT2D eigenvalue weighted by Gasteiger charge is 2.26. The summed E-state index contributed by atoms with van der Waals surface area (Å²) in [5.41, 5.74) is 1.57. The van der Waals surface area contributed by atoms with Crippen molar-refractivity contribution in [2.75, 3.05) is 39.4 Å². The fourth-order valence-corrected chi connectivity index (χ4v) is 3.74. The van der Waals surface area contributed by atoms with Crippen molar-refractivity contribution in [3.05, 3.63) is 30.0 Å². The van der Waals surface area contributed by atoms with Crippen LogP contribution in [0.4, 0.5) is 0 Å². The number of benzene rings is 1. The van der Waals surface area contributed by atoms with Crippen molar-refractivity contribution < 1.29 is 14.3 Å². The molecule has 6 heteroatoms. The van der Waals surface area contributed by atoms with Gasteiger partial charge in [0.05, 0.1) is 13.2 Å². The first-order chi connectivity index (χ1) is 12.6. The monoisotopic (exact) mass is 357 g/mol. The van der Waals surface area contributed by atoms with Gasteiger partial charge in [-0.3, -0.25) is 9.69 Å². The molecule has 1 unspecified atom stereocenters. The van der Waals surface area contributed by atoms with Crippen LogP contribution in [0.5, 0.6) is 5.75 Å². The van der Waals surface area contributed by atoms with Gasteiger partial charge >= 0.3 is 0 Å². The Hall–Kier alpha value is -2.05. The van der Waals surface area contributed by atoms with Crippen molar-refractivity contribution in [2.45, 2.75) is 32.4 Å². The average Bonchev–Trinajstić information content (AvgIpc) is 3.28. The van der Waals surface area contributed by atoms with E-state index in [-0.39, 0.29) is 12.0 Å². The Balaban J connectivity index is 1.46. The van der Waals surface area contributed by atoms with Gasteiger partial charge in [0.2, 0.25) is 0 Å². The molecule has 1 aromatic carbocycles. The summed E-state index contributed by atoms with van der Waals surface area (Å²) < 4.78 is 11.5. The van der Waals surface area contributed by atoms with Gasteiger partial charge in [-0.2, -0.15) is 0 Å². The lowest BCUT2D eigenvalue weighted by atomic mass is 10.2. The molecule has 2 saturated heterocycles. The van der Waals surface area contributed by atoms with E-state index >= 15 is 0 Å². The molecule has 0 radical (unpaired) electrons. The smallest absolute Gasteiger partial charge is 0.270 e. The number of nitrogens with one attached hydrogen (secondary N) is 1. The summed E-state index contributed by atoms with van der Waals surface area (Å²) in [6.45, 7) is 9.03. The summed E-state index contributed by atoms with van der Waals surface area (Å²) in [4.78, 5) is 20.2. The van der Waals surface area contributed by atoms with Crippen LogP contribution in [0, 0.1) is 0 Å². The van der Waals surface area contributed by atoms with E-state index in [2.05, 4.69) is 23.7 Å². The van der Waals surface area contributed by atoms with E-state index in [0.29, 0.717) is 38.0 Å². The van der Waals surface area contributed by atoms with E-state index in [9.17, 15) is 4.79 Å². The standard InChI is InChI=1S/C20H27N3O3/c1-14(2)23-6-5-17(13-23)26-16-4-3-15-11-19(21-18(15)12-16)20(24)22-7-9-25-10-8-22/h3-4,11-12,14,17,21H,5-10,13H2,1-2H3. The second-order valence-electron chi connectivity index (χ2n) is 7.45. The summed E-state index contributed by atoms with van der Waals surface area (Å²) in [5, 5.41) is 1.03. The van der Waals surface area contributed by atoms with E-state index in [1.807, 2.05) is 29.2 Å². The van der Waals surface area contributed by atoms with Gasteiger partial charge < -0.3 is 19.4 Å². The normalized spacial score (nSPS) is 21.7. The molecule has 1 aromatic heterocycles. The minimum Gasteiger partial charge on any atom is -0.489 e. The lowest BCUT2D eigenvalue weighted by Gasteiger charge is -2.26. The molecule has 2 aliphatic rings. The number of carbonyl (C=O) groups is 1. The average molecular weight is 357 g/mol. The van der Waals surface area contributed by atoms with Crippen LogP contribution in [0.2, 0.25) is 0 Å². The molecule has 3 heterocycles. The maximum absolute atomic E-state index is 12.6. The van der Waals surface area contributed by atoms with E-state index in [0.717, 1.165) is 36.2 Å². The zero-order chi connectivity index (χ0) is 18.1. The lowest BCUT2D eigenvalue weighted by Crippen LogP contribution is -2.40. The second-order valence-corrected chi connectivity index (χ2v) is 7.45. The summed E-state index contributed by atoms with van der Waals surface area (Å²) in [7, 11) is 0. The Labute approximate surface area is 154 Å². The molecular formula is C20H27N3O3. The highest BCUT2D eigenvalue weighted by molar-refractivity contribution is 5.98. The van der Waals surface area contributed by atoms with Gasteiger partial charge in [-0.15, -0.1) is 0 Å². The number of hydrogen-bond acceptors (Lipinski definition) is 4. The summed E-state index contributed by atoms with van der Waals surface area (Å²) >= 11 is 0. The Morgan fingerprint density at radius 3 is 2.77 bits per heavy atom. The number of ether oxygens (including phenoxy) is 2. The van der Waals surface area contributed by atoms with Crippen LogP contribution in [-0.2, 0) is 4.74 Å². The van der Waals surface area contributed by atoms with Crippen LogP contribution in [0.3, 0.4) is 0 Å². The summed E-state index contributed by atoms with van der Waals surface area (Å²) in [6.07, 6.45) is 1.29. The third-order valence-electron chi connectivity index (χ3n) is 5.33. The molecule has 140 valence electrons. The quantitative estimate of drug-likeness (QED) is 0.913. The molecule has 0 spiro atoms. The zero-order valence-corrected chi connectivity index (χ0v) is 15.5. The molecule has 2 aromatic rings. The Morgan fingerprint density at radius 1 is 1.23 bits per heavy atom. The first-order valence-electron chi connectivity index (χ1n) is 9.50. The molecule has 1 atom stereocenters. The number of hydrogen-bond donors (Lipinski definition) is 1. The molecule has 4 rings (SSSR count). The van der Waals surface area contributed by atoms with Gasteiger partial charge in [0.15, 0.2) is 0 Å². The largest absolute Gasteiger partial charge is 0.489 e. The van der Waals surface area contributed by atoms with Crippen molar-refractivity contribution in [3.63, 3.8) is 0 Å². The maximum Gasteiger partial charge on any atom is 0.270 e. The van der Waals surface area contributed by atoms with Gasteiger partial charge in [0.25, 0.3) is 5.91 Å². The number of carbonyl (C=O) groups excluding carboxylic acids is 1. The number of morpholine rings is 1. The minimum atomic E-state index is 0.0373. The molecule has 2 aliphatic heterocycles. The molecule has 1 N–H and O–H groups in total. The molecule has 2 fully saturated rings. The lowest BCUT2D eigenvalue weighted by molar-refractivity contribution is 0.0299. The SMILES string of the molecule is CC(C)N1CCC(Oc2ccc3cc(C(=O)N4CCOCC4)[nH]c3c2)C1. The van der Waals surface area contributed by atoms with Gasteiger partial charge in [-0.25, -0.2) is 0 Å². The number of aromatic amines is 1. The number of nitrogens with zero attached hydrogens (tertiary/aromatic N) is 2. The van der Waals surface area contributed by atoms with Crippen LogP contribution in [0.1, 0.15) is 30.8 Å². The van der Waals surface area contributed by atoms with Gasteiger partial charge in [-0.1, -0.05) is 0 Å². The third kappa shape index (κ3) is 3.57. The number of amides is 1. The predicted octanol–water partition coefficient (Wildman–Crippen LogP) is 2.50. The molecule has 0 bridgehead atoms. The molecular weight excluding hydrogens is 330 g/mol. The highest BCUT2D eigenvalue weighted by atomic mass is 16.5. The van der Waals surface area contributed by atoms with Crippen LogP contribution >= 0.6 is 0 Å². The van der Waals surface area contributed by atoms with Crippen molar-refractivity contribution in [1.29, 1.82) is 0 Å². The van der Waals surface area contributed by atoms with E-state index in [1.165, 1.54) is 0 Å². The first-order valence-corrected chi connectivity index (χ1v) is 9.50. The summed E-state index contributed by atoms with van der Waals surface area (Å²) in [5.74, 6) is 0.899. The first kappa shape index (κ1) is 17.4. The molecule has 0 saturated carbocycles. The minimum absolute atomic E-state index is 0.0373. The van der Waals surface area contributed by atoms with Crippen molar-refractivity contribution >= 4 is 16.8 Å². The number of likely N-dealkylation sites (tertiary alicyclic amines) is 1. The van der Waals surface area contributed by atoms with E-state index in [4.69, 9.17) is 9.47 Å². The van der Waals surface area contributed by atoms with Crippen molar-refractivity contribution in [3.8, 4) is 5.75 Å². The molecule has 6 nitrogen and oxygen atoms in total. The fourth-order valence-electron chi connectivity index (χ4n) is 3.74. The topological polar surface area (TPSA) is 57.8 Å². The molecule has 1 amide bonds. The number of fused-ring (bicyclic) bond motifs is 1. The highest BCUT2D eigenvalue weighted by Crippen LogP contribution is 2.25. The number of H-pyrrole nitrogens is 1. The Bertz CT molecular complexity index is 780. The van der Waals surface area contributed by atoms with Crippen molar-refractivity contribution in [2.24, 2.45) is 0 Å². The van der Waals surface area contributed by atoms with Crippen LogP contribution < -0.4 is 4.74 Å². The molecule has 0 aliphatic carbocycles. The zero-order valence-electron chi connectivity index (χ0n) is 15.5. The predicted molar refractivity (Wildman–Crippen MR) is 101 cm³/mol. The van der Waals surface area contributed by atoms with Crippen molar-refractivity contribution in [1.82, 2.24) is 14.8 Å². The summed E-state index contributed by atoms with van der Waals surface area (Å²) in [6, 6.07) is 8.50.